The van der Waals surface area contributed by atoms with Crippen molar-refractivity contribution < 1.29 is 13.2 Å². The maximum absolute atomic E-state index is 12.7. The SMILES string of the molecule is CC1CN(C(=O)c2cccc(S(=O)(=O)NCc3cccs3)c2)CCN1. The summed E-state index contributed by atoms with van der Waals surface area (Å²) in [6.07, 6.45) is 0. The molecule has 1 aromatic carbocycles. The minimum Gasteiger partial charge on any atom is -0.336 e. The maximum Gasteiger partial charge on any atom is 0.253 e. The zero-order valence-corrected chi connectivity index (χ0v) is 15.6. The second kappa shape index (κ2) is 7.65. The molecule has 1 saturated heterocycles. The number of rotatable bonds is 5. The Morgan fingerprint density at radius 2 is 2.20 bits per heavy atom. The number of amides is 1. The molecule has 1 unspecified atom stereocenters. The van der Waals surface area contributed by atoms with Gasteiger partial charge in [0.05, 0.1) is 4.90 Å². The molecule has 0 spiro atoms. The fourth-order valence-corrected chi connectivity index (χ4v) is 4.55. The molecule has 0 aliphatic carbocycles. The Kier molecular flexibility index (Phi) is 5.53. The van der Waals surface area contributed by atoms with Crippen LogP contribution in [0.15, 0.2) is 46.7 Å². The molecule has 1 atom stereocenters. The van der Waals surface area contributed by atoms with E-state index in [-0.39, 0.29) is 23.4 Å². The molecule has 2 N–H and O–H groups in total. The quantitative estimate of drug-likeness (QED) is 0.828. The largest absolute Gasteiger partial charge is 0.336 e. The zero-order chi connectivity index (χ0) is 17.9. The summed E-state index contributed by atoms with van der Waals surface area (Å²) < 4.78 is 27.6. The van der Waals surface area contributed by atoms with E-state index in [2.05, 4.69) is 10.0 Å². The number of nitrogens with one attached hydrogen (secondary N) is 2. The molecule has 2 aromatic rings. The predicted molar refractivity (Wildman–Crippen MR) is 98.2 cm³/mol. The van der Waals surface area contributed by atoms with Crippen LogP contribution in [0, 0.1) is 0 Å². The summed E-state index contributed by atoms with van der Waals surface area (Å²) in [6.45, 7) is 4.25. The second-order valence-electron chi connectivity index (χ2n) is 6.04. The van der Waals surface area contributed by atoms with Gasteiger partial charge in [0, 0.05) is 42.7 Å². The van der Waals surface area contributed by atoms with Crippen molar-refractivity contribution in [2.24, 2.45) is 0 Å². The molecule has 1 fully saturated rings. The molecule has 6 nitrogen and oxygen atoms in total. The van der Waals surface area contributed by atoms with Crippen LogP contribution < -0.4 is 10.0 Å². The van der Waals surface area contributed by atoms with Gasteiger partial charge in [-0.2, -0.15) is 0 Å². The highest BCUT2D eigenvalue weighted by molar-refractivity contribution is 7.89. The Morgan fingerprint density at radius 1 is 1.36 bits per heavy atom. The van der Waals surface area contributed by atoms with Gasteiger partial charge in [0.2, 0.25) is 10.0 Å². The van der Waals surface area contributed by atoms with Crippen molar-refractivity contribution in [2.45, 2.75) is 24.4 Å². The molecular weight excluding hydrogens is 358 g/mol. The van der Waals surface area contributed by atoms with Crippen LogP contribution >= 0.6 is 11.3 Å². The first-order valence-corrected chi connectivity index (χ1v) is 10.5. The van der Waals surface area contributed by atoms with E-state index < -0.39 is 10.0 Å². The molecule has 1 aliphatic heterocycles. The lowest BCUT2D eigenvalue weighted by Gasteiger charge is -2.32. The van der Waals surface area contributed by atoms with E-state index in [0.29, 0.717) is 18.7 Å². The molecule has 134 valence electrons. The smallest absolute Gasteiger partial charge is 0.253 e. The fourth-order valence-electron chi connectivity index (χ4n) is 2.76. The Hall–Kier alpha value is -1.74. The highest BCUT2D eigenvalue weighted by Crippen LogP contribution is 2.16. The van der Waals surface area contributed by atoms with Crippen LogP contribution in [0.4, 0.5) is 0 Å². The Morgan fingerprint density at radius 3 is 2.92 bits per heavy atom. The Bertz CT molecular complexity index is 835. The van der Waals surface area contributed by atoms with Crippen LogP contribution in [0.3, 0.4) is 0 Å². The molecule has 8 heteroatoms. The number of sulfonamides is 1. The van der Waals surface area contributed by atoms with Gasteiger partial charge >= 0.3 is 0 Å². The lowest BCUT2D eigenvalue weighted by molar-refractivity contribution is 0.0709. The van der Waals surface area contributed by atoms with Gasteiger partial charge in [-0.3, -0.25) is 4.79 Å². The normalized spacial score (nSPS) is 18.3. The van der Waals surface area contributed by atoms with Crippen LogP contribution in [-0.4, -0.2) is 44.9 Å². The number of carbonyl (C=O) groups excluding carboxylic acids is 1. The van der Waals surface area contributed by atoms with Gasteiger partial charge in [-0.15, -0.1) is 11.3 Å². The molecular formula is C17H21N3O3S2. The van der Waals surface area contributed by atoms with Crippen LogP contribution in [-0.2, 0) is 16.6 Å². The highest BCUT2D eigenvalue weighted by Gasteiger charge is 2.23. The predicted octanol–water partition coefficient (Wildman–Crippen LogP) is 1.66. The van der Waals surface area contributed by atoms with Crippen molar-refractivity contribution in [3.8, 4) is 0 Å². The van der Waals surface area contributed by atoms with E-state index in [1.807, 2.05) is 24.4 Å². The Labute approximate surface area is 151 Å². The van der Waals surface area contributed by atoms with Crippen molar-refractivity contribution in [2.75, 3.05) is 19.6 Å². The monoisotopic (exact) mass is 379 g/mol. The molecule has 0 radical (unpaired) electrons. The molecule has 1 aromatic heterocycles. The van der Waals surface area contributed by atoms with Gasteiger partial charge in [-0.05, 0) is 36.6 Å². The Balaban J connectivity index is 1.75. The minimum absolute atomic E-state index is 0.109. The third-order valence-corrected chi connectivity index (χ3v) is 6.34. The van der Waals surface area contributed by atoms with Crippen LogP contribution in [0.1, 0.15) is 22.2 Å². The van der Waals surface area contributed by atoms with Crippen LogP contribution in [0.2, 0.25) is 0 Å². The van der Waals surface area contributed by atoms with E-state index in [0.717, 1.165) is 11.4 Å². The van der Waals surface area contributed by atoms with E-state index >= 15 is 0 Å². The highest BCUT2D eigenvalue weighted by atomic mass is 32.2. The summed E-state index contributed by atoms with van der Waals surface area (Å²) in [6, 6.07) is 10.2. The van der Waals surface area contributed by atoms with Crippen LogP contribution in [0.25, 0.3) is 0 Å². The van der Waals surface area contributed by atoms with Gasteiger partial charge in [-0.25, -0.2) is 13.1 Å². The first kappa shape index (κ1) is 18.1. The van der Waals surface area contributed by atoms with Crippen molar-refractivity contribution in [3.05, 3.63) is 52.2 Å². The molecule has 1 aliphatic rings. The number of benzene rings is 1. The molecule has 1 amide bonds. The van der Waals surface area contributed by atoms with Gasteiger partial charge in [0.1, 0.15) is 0 Å². The van der Waals surface area contributed by atoms with E-state index in [1.54, 1.807) is 17.0 Å². The first-order valence-electron chi connectivity index (χ1n) is 8.10. The number of hydrogen-bond donors (Lipinski definition) is 2. The number of thiophene rings is 1. The molecule has 3 rings (SSSR count). The summed E-state index contributed by atoms with van der Waals surface area (Å²) in [5.74, 6) is -0.136. The van der Waals surface area contributed by atoms with Crippen molar-refractivity contribution >= 4 is 27.3 Å². The third-order valence-electron chi connectivity index (χ3n) is 4.06. The number of nitrogens with zero attached hydrogens (tertiary/aromatic N) is 1. The standard InChI is InChI=1S/C17H21N3O3S2/c1-13-12-20(8-7-18-13)17(21)14-4-2-6-16(10-14)25(22,23)19-11-15-5-3-9-24-15/h2-6,9-10,13,18-19H,7-8,11-12H2,1H3. The number of carbonyl (C=O) groups is 1. The van der Waals surface area contributed by atoms with Gasteiger partial charge in [0.25, 0.3) is 5.91 Å². The molecule has 0 saturated carbocycles. The summed E-state index contributed by atoms with van der Waals surface area (Å²) in [5.41, 5.74) is 0.396. The summed E-state index contributed by atoms with van der Waals surface area (Å²) in [7, 11) is -3.66. The van der Waals surface area contributed by atoms with Gasteiger partial charge < -0.3 is 10.2 Å². The zero-order valence-electron chi connectivity index (χ0n) is 13.9. The average Bonchev–Trinajstić information content (AvgIpc) is 3.13. The van der Waals surface area contributed by atoms with Crippen molar-refractivity contribution in [3.63, 3.8) is 0 Å². The van der Waals surface area contributed by atoms with Gasteiger partial charge in [-0.1, -0.05) is 12.1 Å². The van der Waals surface area contributed by atoms with Crippen LogP contribution in [0.5, 0.6) is 0 Å². The lowest BCUT2D eigenvalue weighted by Crippen LogP contribution is -2.51. The first-order chi connectivity index (χ1) is 12.0. The van der Waals surface area contributed by atoms with E-state index in [9.17, 15) is 13.2 Å². The summed E-state index contributed by atoms with van der Waals surface area (Å²) in [5, 5.41) is 5.19. The third kappa shape index (κ3) is 4.46. The fraction of sp³-hybridized carbons (Fsp3) is 0.353. The summed E-state index contributed by atoms with van der Waals surface area (Å²) >= 11 is 1.49. The summed E-state index contributed by atoms with van der Waals surface area (Å²) in [4.78, 5) is 15.5. The van der Waals surface area contributed by atoms with Crippen molar-refractivity contribution in [1.29, 1.82) is 0 Å². The van der Waals surface area contributed by atoms with E-state index in [4.69, 9.17) is 0 Å². The van der Waals surface area contributed by atoms with Crippen molar-refractivity contribution in [1.82, 2.24) is 14.9 Å². The number of hydrogen-bond acceptors (Lipinski definition) is 5. The number of piperazine rings is 1. The van der Waals surface area contributed by atoms with Gasteiger partial charge in [0.15, 0.2) is 0 Å². The lowest BCUT2D eigenvalue weighted by atomic mass is 10.1. The van der Waals surface area contributed by atoms with E-state index in [1.165, 1.54) is 23.5 Å². The minimum atomic E-state index is -3.66. The topological polar surface area (TPSA) is 78.5 Å². The maximum atomic E-state index is 12.7. The molecule has 2 heterocycles. The molecule has 25 heavy (non-hydrogen) atoms. The molecule has 0 bridgehead atoms. The second-order valence-corrected chi connectivity index (χ2v) is 8.84. The average molecular weight is 380 g/mol.